The summed E-state index contributed by atoms with van der Waals surface area (Å²) in [6.07, 6.45) is 5.41. The van der Waals surface area contributed by atoms with Gasteiger partial charge in [-0.15, -0.1) is 21.5 Å². The van der Waals surface area contributed by atoms with Crippen molar-refractivity contribution in [3.63, 3.8) is 0 Å². The number of aromatic nitrogens is 4. The molecule has 0 aliphatic carbocycles. The number of rotatable bonds is 0. The second kappa shape index (κ2) is 2.76. The van der Waals surface area contributed by atoms with Crippen LogP contribution in [0.5, 0.6) is 0 Å². The predicted molar refractivity (Wildman–Crippen MR) is 63.7 cm³/mol. The molecule has 5 heteroatoms. The maximum absolute atomic E-state index is 4.16. The van der Waals surface area contributed by atoms with Gasteiger partial charge in [0.25, 0.3) is 0 Å². The van der Waals surface area contributed by atoms with Gasteiger partial charge in [0.1, 0.15) is 11.2 Å². The van der Waals surface area contributed by atoms with E-state index in [2.05, 4.69) is 26.6 Å². The summed E-state index contributed by atoms with van der Waals surface area (Å²) in [5.41, 5.74) is 0.873. The molecular formula is C11H6N4S. The van der Waals surface area contributed by atoms with Crippen LogP contribution in [-0.2, 0) is 0 Å². The molecule has 4 heterocycles. The lowest BCUT2D eigenvalue weighted by molar-refractivity contribution is 1.11. The predicted octanol–water partition coefficient (Wildman–Crippen LogP) is 2.49. The minimum Gasteiger partial charge on any atom is -0.272 e. The minimum absolute atomic E-state index is 0.873. The molecule has 0 bridgehead atoms. The molecule has 4 nitrogen and oxygen atoms in total. The van der Waals surface area contributed by atoms with E-state index in [1.807, 2.05) is 22.9 Å². The molecule has 0 spiro atoms. The zero-order valence-electron chi connectivity index (χ0n) is 8.16. The number of hydrogen-bond donors (Lipinski definition) is 0. The van der Waals surface area contributed by atoms with Gasteiger partial charge in [-0.2, -0.15) is 0 Å². The van der Waals surface area contributed by atoms with Gasteiger partial charge in [-0.3, -0.25) is 9.38 Å². The molecule has 0 aliphatic rings. The molecule has 0 fully saturated rings. The summed E-state index contributed by atoms with van der Waals surface area (Å²) in [7, 11) is 0. The second-order valence-corrected chi connectivity index (χ2v) is 4.48. The third-order valence-electron chi connectivity index (χ3n) is 2.76. The Kier molecular flexibility index (Phi) is 1.41. The zero-order valence-corrected chi connectivity index (χ0v) is 8.98. The molecule has 0 amide bonds. The van der Waals surface area contributed by atoms with Crippen LogP contribution in [0.1, 0.15) is 0 Å². The summed E-state index contributed by atoms with van der Waals surface area (Å²) >= 11 is 1.70. The van der Waals surface area contributed by atoms with E-state index < -0.39 is 0 Å². The van der Waals surface area contributed by atoms with Crippen molar-refractivity contribution in [2.45, 2.75) is 0 Å². The van der Waals surface area contributed by atoms with Crippen LogP contribution < -0.4 is 0 Å². The Hall–Kier alpha value is -2.01. The maximum atomic E-state index is 4.16. The van der Waals surface area contributed by atoms with E-state index in [9.17, 15) is 0 Å². The number of thiophene rings is 1. The van der Waals surface area contributed by atoms with Crippen LogP contribution >= 0.6 is 11.3 Å². The fourth-order valence-electron chi connectivity index (χ4n) is 2.07. The van der Waals surface area contributed by atoms with Crippen LogP contribution in [0.25, 0.3) is 26.6 Å². The first-order valence-electron chi connectivity index (χ1n) is 4.88. The summed E-state index contributed by atoms with van der Waals surface area (Å²) in [5.74, 6) is 0. The largest absolute Gasteiger partial charge is 0.272 e. The normalized spacial score (nSPS) is 11.8. The summed E-state index contributed by atoms with van der Waals surface area (Å²) in [5, 5.41) is 13.7. The van der Waals surface area contributed by atoms with Crippen LogP contribution in [0, 0.1) is 0 Å². The van der Waals surface area contributed by atoms with Gasteiger partial charge in [0.2, 0.25) is 0 Å². The average Bonchev–Trinajstić information content (AvgIpc) is 2.98. The molecule has 0 aromatic carbocycles. The zero-order chi connectivity index (χ0) is 10.5. The molecule has 76 valence electrons. The van der Waals surface area contributed by atoms with Crippen LogP contribution in [0.3, 0.4) is 0 Å². The molecule has 0 atom stereocenters. The molecule has 4 aromatic rings. The lowest BCUT2D eigenvalue weighted by Crippen LogP contribution is -1.87. The molecule has 4 aromatic heterocycles. The number of hydrogen-bond acceptors (Lipinski definition) is 4. The van der Waals surface area contributed by atoms with Crippen molar-refractivity contribution in [3.8, 4) is 0 Å². The van der Waals surface area contributed by atoms with Crippen molar-refractivity contribution in [2.75, 3.05) is 0 Å². The van der Waals surface area contributed by atoms with Gasteiger partial charge < -0.3 is 0 Å². The van der Waals surface area contributed by atoms with Crippen molar-refractivity contribution < 1.29 is 0 Å². The van der Waals surface area contributed by atoms with Crippen molar-refractivity contribution in [3.05, 3.63) is 36.2 Å². The topological polar surface area (TPSA) is 43.1 Å². The van der Waals surface area contributed by atoms with Crippen molar-refractivity contribution in [1.82, 2.24) is 19.6 Å². The highest BCUT2D eigenvalue weighted by atomic mass is 32.1. The summed E-state index contributed by atoms with van der Waals surface area (Å²) in [4.78, 5) is 5.34. The van der Waals surface area contributed by atoms with Crippen LogP contribution in [0.15, 0.2) is 36.2 Å². The molecule has 16 heavy (non-hydrogen) atoms. The van der Waals surface area contributed by atoms with Crippen molar-refractivity contribution in [1.29, 1.82) is 0 Å². The fourth-order valence-corrected chi connectivity index (χ4v) is 2.95. The maximum Gasteiger partial charge on any atom is 0.171 e. The van der Waals surface area contributed by atoms with Crippen molar-refractivity contribution >= 4 is 38.0 Å². The lowest BCUT2D eigenvalue weighted by Gasteiger charge is -2.01. The lowest BCUT2D eigenvalue weighted by atomic mass is 10.1. The van der Waals surface area contributed by atoms with E-state index in [1.165, 1.54) is 15.6 Å². The van der Waals surface area contributed by atoms with Crippen LogP contribution in [0.2, 0.25) is 0 Å². The SMILES string of the molecule is c1cc2c(cn1)c1nncn1c1sccc21. The van der Waals surface area contributed by atoms with Crippen molar-refractivity contribution in [2.24, 2.45) is 0 Å². The number of nitrogens with zero attached hydrogens (tertiary/aromatic N) is 4. The Bertz CT molecular complexity index is 745. The van der Waals surface area contributed by atoms with Gasteiger partial charge in [-0.05, 0) is 22.9 Å². The molecule has 0 saturated heterocycles. The fraction of sp³-hybridized carbons (Fsp3) is 0. The van der Waals surface area contributed by atoms with E-state index in [0.717, 1.165) is 11.0 Å². The first-order chi connectivity index (χ1) is 7.95. The quantitative estimate of drug-likeness (QED) is 0.462. The molecule has 0 radical (unpaired) electrons. The second-order valence-electron chi connectivity index (χ2n) is 3.59. The molecule has 0 aliphatic heterocycles. The number of pyridine rings is 2. The van der Waals surface area contributed by atoms with Gasteiger partial charge in [-0.25, -0.2) is 0 Å². The highest BCUT2D eigenvalue weighted by Gasteiger charge is 2.09. The molecule has 0 unspecified atom stereocenters. The molecular weight excluding hydrogens is 220 g/mol. The first kappa shape index (κ1) is 8.18. The van der Waals surface area contributed by atoms with Gasteiger partial charge in [0.05, 0.1) is 0 Å². The van der Waals surface area contributed by atoms with Gasteiger partial charge >= 0.3 is 0 Å². The number of fused-ring (bicyclic) bond motifs is 6. The van der Waals surface area contributed by atoms with E-state index in [1.54, 1.807) is 17.7 Å². The highest BCUT2D eigenvalue weighted by Crippen LogP contribution is 2.30. The minimum atomic E-state index is 0.873. The summed E-state index contributed by atoms with van der Waals surface area (Å²) < 4.78 is 2.02. The first-order valence-corrected chi connectivity index (χ1v) is 5.76. The Morgan fingerprint density at radius 3 is 3.12 bits per heavy atom. The van der Waals surface area contributed by atoms with E-state index in [0.29, 0.717) is 0 Å². The Balaban J connectivity index is 2.51. The third kappa shape index (κ3) is 0.862. The monoisotopic (exact) mass is 226 g/mol. The third-order valence-corrected chi connectivity index (χ3v) is 3.68. The standard InChI is InChI=1S/C11H6N4S/c1-3-12-5-9-7(1)8-2-4-16-11(8)15-6-13-14-10(9)15/h1-6H. The van der Waals surface area contributed by atoms with Gasteiger partial charge in [-0.1, -0.05) is 0 Å². The Morgan fingerprint density at radius 1 is 1.12 bits per heavy atom. The Labute approximate surface area is 94.2 Å². The summed E-state index contributed by atoms with van der Waals surface area (Å²) in [6.45, 7) is 0. The van der Waals surface area contributed by atoms with E-state index in [-0.39, 0.29) is 0 Å². The van der Waals surface area contributed by atoms with E-state index >= 15 is 0 Å². The molecule has 0 N–H and O–H groups in total. The van der Waals surface area contributed by atoms with Gasteiger partial charge in [0.15, 0.2) is 5.65 Å². The van der Waals surface area contributed by atoms with E-state index in [4.69, 9.17) is 0 Å². The molecule has 4 rings (SSSR count). The van der Waals surface area contributed by atoms with Crippen LogP contribution in [-0.4, -0.2) is 19.6 Å². The average molecular weight is 226 g/mol. The van der Waals surface area contributed by atoms with Crippen LogP contribution in [0.4, 0.5) is 0 Å². The summed E-state index contributed by atoms with van der Waals surface area (Å²) in [6, 6.07) is 4.15. The highest BCUT2D eigenvalue weighted by molar-refractivity contribution is 7.17. The molecule has 0 saturated carbocycles. The Morgan fingerprint density at radius 2 is 2.12 bits per heavy atom. The van der Waals surface area contributed by atoms with Gasteiger partial charge in [0, 0.05) is 23.2 Å². The smallest absolute Gasteiger partial charge is 0.171 e.